The Bertz CT molecular complexity index is 166. The lowest BCUT2D eigenvalue weighted by molar-refractivity contribution is 0.114. The van der Waals surface area contributed by atoms with Gasteiger partial charge in [0.2, 0.25) is 0 Å². The average molecular weight is 257 g/mol. The van der Waals surface area contributed by atoms with Gasteiger partial charge in [-0.25, -0.2) is 0 Å². The molecule has 0 bridgehead atoms. The van der Waals surface area contributed by atoms with Crippen LogP contribution in [0.5, 0.6) is 0 Å². The van der Waals surface area contributed by atoms with E-state index in [0.717, 1.165) is 25.2 Å². The molecule has 1 aliphatic carbocycles. The Hall–Kier alpha value is -0.0800. The standard InChI is InChI=1S/C14H29NO.C2H6/c1-4-5-10-16-11-6-9-15(12-13(2)3)14-7-8-14;1-2/h13-14H,4-12H2,1-3H3;1-2H3. The summed E-state index contributed by atoms with van der Waals surface area (Å²) in [6.45, 7) is 15.2. The van der Waals surface area contributed by atoms with Crippen molar-refractivity contribution >= 4 is 0 Å². The molecule has 0 atom stereocenters. The minimum absolute atomic E-state index is 0.793. The first kappa shape index (κ1) is 17.9. The highest BCUT2D eigenvalue weighted by Gasteiger charge is 2.28. The van der Waals surface area contributed by atoms with Crippen LogP contribution >= 0.6 is 0 Å². The van der Waals surface area contributed by atoms with E-state index in [-0.39, 0.29) is 0 Å². The Morgan fingerprint density at radius 3 is 2.22 bits per heavy atom. The van der Waals surface area contributed by atoms with Crippen molar-refractivity contribution in [1.82, 2.24) is 4.90 Å². The Labute approximate surface area is 115 Å². The van der Waals surface area contributed by atoms with E-state index in [1.165, 1.54) is 45.2 Å². The van der Waals surface area contributed by atoms with Crippen LogP contribution in [0.2, 0.25) is 0 Å². The highest BCUT2D eigenvalue weighted by molar-refractivity contribution is 4.84. The summed E-state index contributed by atoms with van der Waals surface area (Å²) < 4.78 is 5.60. The fraction of sp³-hybridized carbons (Fsp3) is 1.00. The lowest BCUT2D eigenvalue weighted by Gasteiger charge is -2.23. The van der Waals surface area contributed by atoms with Crippen molar-refractivity contribution in [2.24, 2.45) is 5.92 Å². The number of rotatable bonds is 10. The molecule has 0 aromatic carbocycles. The van der Waals surface area contributed by atoms with Crippen LogP contribution in [0.15, 0.2) is 0 Å². The number of unbranched alkanes of at least 4 members (excludes halogenated alkanes) is 1. The zero-order valence-electron chi connectivity index (χ0n) is 13.4. The normalized spacial score (nSPS) is 14.8. The zero-order valence-corrected chi connectivity index (χ0v) is 13.4. The van der Waals surface area contributed by atoms with E-state index < -0.39 is 0 Å². The van der Waals surface area contributed by atoms with Gasteiger partial charge in [-0.2, -0.15) is 0 Å². The molecule has 0 aromatic rings. The number of nitrogens with zero attached hydrogens (tertiary/aromatic N) is 1. The Morgan fingerprint density at radius 2 is 1.72 bits per heavy atom. The van der Waals surface area contributed by atoms with Gasteiger partial charge in [0.1, 0.15) is 0 Å². The van der Waals surface area contributed by atoms with Crippen molar-refractivity contribution in [3.8, 4) is 0 Å². The largest absolute Gasteiger partial charge is 0.381 e. The van der Waals surface area contributed by atoms with Gasteiger partial charge in [-0.15, -0.1) is 0 Å². The lowest BCUT2D eigenvalue weighted by Crippen LogP contribution is -2.31. The summed E-state index contributed by atoms with van der Waals surface area (Å²) in [7, 11) is 0. The number of ether oxygens (including phenoxy) is 1. The van der Waals surface area contributed by atoms with Crippen LogP contribution in [-0.2, 0) is 4.74 Å². The van der Waals surface area contributed by atoms with Crippen LogP contribution in [-0.4, -0.2) is 37.2 Å². The molecule has 1 rings (SSSR count). The molecule has 18 heavy (non-hydrogen) atoms. The third kappa shape index (κ3) is 9.90. The average Bonchev–Trinajstić information content (AvgIpc) is 3.18. The molecule has 0 radical (unpaired) electrons. The second kappa shape index (κ2) is 12.0. The Kier molecular flexibility index (Phi) is 11.9. The van der Waals surface area contributed by atoms with Crippen molar-refractivity contribution in [1.29, 1.82) is 0 Å². The highest BCUT2D eigenvalue weighted by Crippen LogP contribution is 2.27. The van der Waals surface area contributed by atoms with E-state index in [0.29, 0.717) is 0 Å². The first-order valence-corrected chi connectivity index (χ1v) is 8.05. The molecule has 0 N–H and O–H groups in total. The summed E-state index contributed by atoms with van der Waals surface area (Å²) in [6.07, 6.45) is 6.49. The second-order valence-electron chi connectivity index (χ2n) is 5.44. The minimum atomic E-state index is 0.793. The summed E-state index contributed by atoms with van der Waals surface area (Å²) in [5, 5.41) is 0. The molecule has 0 heterocycles. The fourth-order valence-corrected chi connectivity index (χ4v) is 2.05. The molecule has 0 spiro atoms. The van der Waals surface area contributed by atoms with E-state index >= 15 is 0 Å². The van der Waals surface area contributed by atoms with Crippen molar-refractivity contribution in [3.63, 3.8) is 0 Å². The van der Waals surface area contributed by atoms with Gasteiger partial charge in [0, 0.05) is 32.3 Å². The Morgan fingerprint density at radius 1 is 1.11 bits per heavy atom. The van der Waals surface area contributed by atoms with Crippen LogP contribution in [0, 0.1) is 5.92 Å². The summed E-state index contributed by atoms with van der Waals surface area (Å²) >= 11 is 0. The first-order valence-electron chi connectivity index (χ1n) is 8.05. The van der Waals surface area contributed by atoms with E-state index in [9.17, 15) is 0 Å². The molecule has 0 unspecified atom stereocenters. The maximum atomic E-state index is 5.60. The van der Waals surface area contributed by atoms with Crippen molar-refractivity contribution < 1.29 is 4.74 Å². The van der Waals surface area contributed by atoms with Crippen LogP contribution in [0.3, 0.4) is 0 Å². The van der Waals surface area contributed by atoms with Crippen LogP contribution in [0.1, 0.15) is 66.7 Å². The van der Waals surface area contributed by atoms with Gasteiger partial charge >= 0.3 is 0 Å². The minimum Gasteiger partial charge on any atom is -0.381 e. The van der Waals surface area contributed by atoms with Gasteiger partial charge in [-0.3, -0.25) is 0 Å². The molecule has 2 nitrogen and oxygen atoms in total. The zero-order chi connectivity index (χ0) is 13.8. The third-order valence-corrected chi connectivity index (χ3v) is 3.04. The van der Waals surface area contributed by atoms with E-state index in [4.69, 9.17) is 4.74 Å². The lowest BCUT2D eigenvalue weighted by atomic mass is 10.2. The van der Waals surface area contributed by atoms with Crippen LogP contribution in [0.4, 0.5) is 0 Å². The molecular weight excluding hydrogens is 222 g/mol. The molecule has 1 aliphatic rings. The predicted octanol–water partition coefficient (Wildman–Crippen LogP) is 4.34. The second-order valence-corrected chi connectivity index (χ2v) is 5.44. The van der Waals surface area contributed by atoms with Gasteiger partial charge in [0.25, 0.3) is 0 Å². The molecular formula is C16H35NO. The fourth-order valence-electron chi connectivity index (χ4n) is 2.05. The summed E-state index contributed by atoms with van der Waals surface area (Å²) in [5.41, 5.74) is 0. The number of hydrogen-bond donors (Lipinski definition) is 0. The molecule has 1 fully saturated rings. The van der Waals surface area contributed by atoms with E-state index in [1.807, 2.05) is 13.8 Å². The summed E-state index contributed by atoms with van der Waals surface area (Å²) in [6, 6.07) is 0.901. The molecule has 0 aromatic heterocycles. The first-order chi connectivity index (χ1) is 8.74. The van der Waals surface area contributed by atoms with Gasteiger partial charge in [-0.1, -0.05) is 41.0 Å². The van der Waals surface area contributed by atoms with Crippen LogP contribution < -0.4 is 0 Å². The Balaban J connectivity index is 0.00000137. The smallest absolute Gasteiger partial charge is 0.0478 e. The maximum absolute atomic E-state index is 5.60. The molecule has 0 aliphatic heterocycles. The molecule has 0 amide bonds. The van der Waals surface area contributed by atoms with Gasteiger partial charge in [0.05, 0.1) is 0 Å². The summed E-state index contributed by atoms with van der Waals surface area (Å²) in [5.74, 6) is 0.793. The predicted molar refractivity (Wildman–Crippen MR) is 81.1 cm³/mol. The van der Waals surface area contributed by atoms with Crippen molar-refractivity contribution in [2.45, 2.75) is 72.8 Å². The molecule has 110 valence electrons. The third-order valence-electron chi connectivity index (χ3n) is 3.04. The van der Waals surface area contributed by atoms with Gasteiger partial charge in [-0.05, 0) is 31.6 Å². The number of hydrogen-bond acceptors (Lipinski definition) is 2. The van der Waals surface area contributed by atoms with E-state index in [1.54, 1.807) is 0 Å². The monoisotopic (exact) mass is 257 g/mol. The molecule has 1 saturated carbocycles. The maximum Gasteiger partial charge on any atom is 0.0478 e. The molecule has 0 saturated heterocycles. The summed E-state index contributed by atoms with van der Waals surface area (Å²) in [4.78, 5) is 2.66. The molecule has 2 heteroatoms. The topological polar surface area (TPSA) is 12.5 Å². The van der Waals surface area contributed by atoms with Gasteiger partial charge < -0.3 is 9.64 Å². The SMILES string of the molecule is CC.CCCCOCCCN(CC(C)C)C1CC1. The quantitative estimate of drug-likeness (QED) is 0.540. The van der Waals surface area contributed by atoms with Crippen molar-refractivity contribution in [2.75, 3.05) is 26.3 Å². The van der Waals surface area contributed by atoms with Crippen molar-refractivity contribution in [3.05, 3.63) is 0 Å². The highest BCUT2D eigenvalue weighted by atomic mass is 16.5. The van der Waals surface area contributed by atoms with Gasteiger partial charge in [0.15, 0.2) is 0 Å². The van der Waals surface area contributed by atoms with Crippen LogP contribution in [0.25, 0.3) is 0 Å². The van der Waals surface area contributed by atoms with E-state index in [2.05, 4.69) is 25.7 Å².